The molecule has 0 bridgehead atoms. The second-order valence-electron chi connectivity index (χ2n) is 13.1. The SMILES string of the molecule is CC(C)[C@H](N)C(=O)N[C@H]1CC[C@@]2(C)[C@H](CC[C@@H]3[C@@H]2C[C@@H](O)[C@]2(C)[C@@H](C4=CC(=O)OC4)CC[C@]32O)C1. The number of ether oxygens (including phenoxy) is 1. The molecule has 0 radical (unpaired) electrons. The summed E-state index contributed by atoms with van der Waals surface area (Å²) in [7, 11) is 0. The molecule has 10 atom stereocenters. The van der Waals surface area contributed by atoms with Crippen LogP contribution in [0.25, 0.3) is 0 Å². The molecule has 1 amide bonds. The highest BCUT2D eigenvalue weighted by molar-refractivity contribution is 5.85. The van der Waals surface area contributed by atoms with E-state index in [0.29, 0.717) is 18.8 Å². The lowest BCUT2D eigenvalue weighted by Crippen LogP contribution is -2.67. The molecular formula is C28H44N2O5. The van der Waals surface area contributed by atoms with Crippen molar-refractivity contribution in [1.82, 2.24) is 5.32 Å². The molecule has 35 heavy (non-hydrogen) atoms. The fraction of sp³-hybridized carbons (Fsp3) is 0.857. The maximum Gasteiger partial charge on any atom is 0.331 e. The lowest BCUT2D eigenvalue weighted by molar-refractivity contribution is -0.243. The quantitative estimate of drug-likeness (QED) is 0.452. The summed E-state index contributed by atoms with van der Waals surface area (Å²) < 4.78 is 5.20. The molecule has 4 saturated carbocycles. The standard InChI is InChI=1S/C28H44N2O5/c1-15(2)24(29)25(33)30-18-7-9-26(3)17(12-18)5-6-20-21(26)13-22(31)27(4)19(8-10-28(20,27)34)16-11-23(32)35-14-16/h11,15,17-22,24,31,34H,5-10,12-14,29H2,1-4H3,(H,30,33)/t17-,18+,19-,20-,21+,22-,24+,26+,27+,28+/m1/s1. The number of cyclic esters (lactones) is 1. The van der Waals surface area contributed by atoms with Crippen LogP contribution >= 0.6 is 0 Å². The summed E-state index contributed by atoms with van der Waals surface area (Å²) in [6.45, 7) is 8.64. The zero-order chi connectivity index (χ0) is 25.3. The highest BCUT2D eigenvalue weighted by Crippen LogP contribution is 2.69. The molecule has 0 saturated heterocycles. The highest BCUT2D eigenvalue weighted by Gasteiger charge is 2.70. The van der Waals surface area contributed by atoms with Crippen molar-refractivity contribution in [3.8, 4) is 0 Å². The van der Waals surface area contributed by atoms with Crippen LogP contribution in [0.15, 0.2) is 11.6 Å². The van der Waals surface area contributed by atoms with Crippen LogP contribution in [0.5, 0.6) is 0 Å². The Morgan fingerprint density at radius 2 is 1.89 bits per heavy atom. The number of carbonyl (C=O) groups is 2. The maximum atomic E-state index is 12.6. The molecule has 0 aromatic rings. The smallest absolute Gasteiger partial charge is 0.331 e. The van der Waals surface area contributed by atoms with Crippen molar-refractivity contribution >= 4 is 11.9 Å². The minimum absolute atomic E-state index is 0.0310. The van der Waals surface area contributed by atoms with Gasteiger partial charge in [0.25, 0.3) is 0 Å². The van der Waals surface area contributed by atoms with E-state index >= 15 is 0 Å². The van der Waals surface area contributed by atoms with E-state index in [4.69, 9.17) is 10.5 Å². The van der Waals surface area contributed by atoms with Crippen LogP contribution in [0.4, 0.5) is 0 Å². The van der Waals surface area contributed by atoms with Crippen LogP contribution in [0, 0.1) is 40.4 Å². The van der Waals surface area contributed by atoms with Crippen LogP contribution < -0.4 is 11.1 Å². The van der Waals surface area contributed by atoms with Gasteiger partial charge in [-0.05, 0) is 91.9 Å². The summed E-state index contributed by atoms with van der Waals surface area (Å²) in [6, 6.07) is -0.336. The zero-order valence-corrected chi connectivity index (χ0v) is 21.8. The Bertz CT molecular complexity index is 919. The largest absolute Gasteiger partial charge is 0.458 e. The number of fused-ring (bicyclic) bond motifs is 5. The van der Waals surface area contributed by atoms with Gasteiger partial charge in [-0.1, -0.05) is 27.7 Å². The first-order valence-electron chi connectivity index (χ1n) is 13.8. The van der Waals surface area contributed by atoms with Crippen LogP contribution in [0.3, 0.4) is 0 Å². The third-order valence-electron chi connectivity index (χ3n) is 11.4. The molecule has 1 heterocycles. The van der Waals surface area contributed by atoms with Gasteiger partial charge in [0.05, 0.1) is 17.7 Å². The summed E-state index contributed by atoms with van der Waals surface area (Å²) in [5, 5.41) is 27.2. The van der Waals surface area contributed by atoms with E-state index in [1.807, 2.05) is 20.8 Å². The fourth-order valence-corrected chi connectivity index (χ4v) is 9.12. The normalized spacial score (nSPS) is 47.9. The van der Waals surface area contributed by atoms with Crippen molar-refractivity contribution < 1.29 is 24.5 Å². The van der Waals surface area contributed by atoms with Crippen LogP contribution in [-0.4, -0.2) is 52.5 Å². The van der Waals surface area contributed by atoms with Crippen LogP contribution in [0.1, 0.15) is 79.1 Å². The van der Waals surface area contributed by atoms with Gasteiger partial charge < -0.3 is 26.0 Å². The first-order chi connectivity index (χ1) is 16.4. The Labute approximate surface area is 209 Å². The van der Waals surface area contributed by atoms with Crippen LogP contribution in [-0.2, 0) is 14.3 Å². The van der Waals surface area contributed by atoms with E-state index in [9.17, 15) is 19.8 Å². The molecule has 5 rings (SSSR count). The second kappa shape index (κ2) is 8.56. The molecular weight excluding hydrogens is 444 g/mol. The lowest BCUT2D eigenvalue weighted by atomic mass is 9.42. The first kappa shape index (κ1) is 25.2. The van der Waals surface area contributed by atoms with Gasteiger partial charge in [0.1, 0.15) is 6.61 Å². The van der Waals surface area contributed by atoms with Crippen molar-refractivity contribution in [2.24, 2.45) is 46.2 Å². The summed E-state index contributed by atoms with van der Waals surface area (Å²) in [6.07, 6.45) is 7.88. The first-order valence-corrected chi connectivity index (χ1v) is 13.8. The molecule has 0 unspecified atom stereocenters. The Balaban J connectivity index is 1.35. The predicted octanol–water partition coefficient (Wildman–Crippen LogP) is 2.68. The second-order valence-corrected chi connectivity index (χ2v) is 13.1. The highest BCUT2D eigenvalue weighted by atomic mass is 16.5. The van der Waals surface area contributed by atoms with E-state index in [2.05, 4.69) is 12.2 Å². The van der Waals surface area contributed by atoms with Gasteiger partial charge in [-0.3, -0.25) is 4.79 Å². The van der Waals surface area contributed by atoms with E-state index in [1.165, 1.54) is 0 Å². The molecule has 4 fully saturated rings. The minimum atomic E-state index is -0.949. The number of esters is 1. The Hall–Kier alpha value is -1.44. The summed E-state index contributed by atoms with van der Waals surface area (Å²) >= 11 is 0. The predicted molar refractivity (Wildman–Crippen MR) is 132 cm³/mol. The number of aliphatic hydroxyl groups is 2. The molecule has 5 aliphatic rings. The molecule has 0 aromatic carbocycles. The molecule has 7 heteroatoms. The van der Waals surface area contributed by atoms with E-state index < -0.39 is 23.2 Å². The Morgan fingerprint density at radius 1 is 1.14 bits per heavy atom. The number of aliphatic hydroxyl groups excluding tert-OH is 1. The van der Waals surface area contributed by atoms with Gasteiger partial charge in [0.2, 0.25) is 5.91 Å². The van der Waals surface area contributed by atoms with Gasteiger partial charge in [0.15, 0.2) is 0 Å². The third kappa shape index (κ3) is 3.63. The number of nitrogens with one attached hydrogen (secondary N) is 1. The van der Waals surface area contributed by atoms with Gasteiger partial charge in [0, 0.05) is 17.5 Å². The van der Waals surface area contributed by atoms with Gasteiger partial charge in [-0.2, -0.15) is 0 Å². The number of hydrogen-bond donors (Lipinski definition) is 4. The topological polar surface area (TPSA) is 122 Å². The number of nitrogens with two attached hydrogens (primary N) is 1. The van der Waals surface area contributed by atoms with Crippen molar-refractivity contribution in [3.05, 3.63) is 11.6 Å². The van der Waals surface area contributed by atoms with Crippen molar-refractivity contribution in [2.45, 2.75) is 103 Å². The number of amides is 1. The molecule has 196 valence electrons. The number of carbonyl (C=O) groups excluding carboxylic acids is 2. The summed E-state index contributed by atoms with van der Waals surface area (Å²) in [5.74, 6) is 0.558. The average Bonchev–Trinajstić information content (AvgIpc) is 3.35. The van der Waals surface area contributed by atoms with E-state index in [1.54, 1.807) is 6.08 Å². The monoisotopic (exact) mass is 488 g/mol. The number of hydrogen-bond acceptors (Lipinski definition) is 6. The number of rotatable bonds is 4. The molecule has 1 aliphatic heterocycles. The Morgan fingerprint density at radius 3 is 2.54 bits per heavy atom. The Kier molecular flexibility index (Phi) is 6.17. The van der Waals surface area contributed by atoms with Crippen molar-refractivity contribution in [2.75, 3.05) is 6.61 Å². The summed E-state index contributed by atoms with van der Waals surface area (Å²) in [5.41, 5.74) is 5.43. The molecule has 4 aliphatic carbocycles. The average molecular weight is 489 g/mol. The maximum absolute atomic E-state index is 12.6. The zero-order valence-electron chi connectivity index (χ0n) is 21.8. The molecule has 0 aromatic heterocycles. The van der Waals surface area contributed by atoms with Gasteiger partial charge in [-0.25, -0.2) is 4.79 Å². The molecule has 5 N–H and O–H groups in total. The van der Waals surface area contributed by atoms with Gasteiger partial charge >= 0.3 is 5.97 Å². The minimum Gasteiger partial charge on any atom is -0.458 e. The van der Waals surface area contributed by atoms with Gasteiger partial charge in [-0.15, -0.1) is 0 Å². The van der Waals surface area contributed by atoms with Crippen molar-refractivity contribution in [1.29, 1.82) is 0 Å². The third-order valence-corrected chi connectivity index (χ3v) is 11.4. The van der Waals surface area contributed by atoms with E-state index in [-0.39, 0.29) is 53.6 Å². The lowest BCUT2D eigenvalue weighted by Gasteiger charge is -2.65. The van der Waals surface area contributed by atoms with Crippen LogP contribution in [0.2, 0.25) is 0 Å². The summed E-state index contributed by atoms with van der Waals surface area (Å²) in [4.78, 5) is 24.4. The molecule has 7 nitrogen and oxygen atoms in total. The van der Waals surface area contributed by atoms with Crippen molar-refractivity contribution in [3.63, 3.8) is 0 Å². The fourth-order valence-electron chi connectivity index (χ4n) is 9.12. The van der Waals surface area contributed by atoms with E-state index in [0.717, 1.165) is 44.1 Å². The molecule has 0 spiro atoms.